The summed E-state index contributed by atoms with van der Waals surface area (Å²) < 4.78 is 27.2. The molecule has 0 radical (unpaired) electrons. The van der Waals surface area contributed by atoms with Crippen molar-refractivity contribution >= 4 is 27.6 Å². The summed E-state index contributed by atoms with van der Waals surface area (Å²) in [7, 11) is -1.79. The van der Waals surface area contributed by atoms with E-state index in [0.29, 0.717) is 10.6 Å². The van der Waals surface area contributed by atoms with Crippen LogP contribution in [0, 0.1) is 5.92 Å². The highest BCUT2D eigenvalue weighted by Gasteiger charge is 2.13. The SMILES string of the molecule is COC(=O)C(C)CSc1ccc(S(C)(=O)=O)cc1. The van der Waals surface area contributed by atoms with Gasteiger partial charge in [0.25, 0.3) is 0 Å². The second kappa shape index (κ2) is 6.24. The summed E-state index contributed by atoms with van der Waals surface area (Å²) in [6, 6.07) is 6.62. The third-order valence-electron chi connectivity index (χ3n) is 2.36. The van der Waals surface area contributed by atoms with Crippen molar-refractivity contribution in [2.75, 3.05) is 19.1 Å². The van der Waals surface area contributed by atoms with Gasteiger partial charge in [-0.1, -0.05) is 6.92 Å². The fourth-order valence-electron chi connectivity index (χ4n) is 1.27. The number of sulfone groups is 1. The second-order valence-electron chi connectivity index (χ2n) is 3.98. The number of ether oxygens (including phenoxy) is 1. The Bertz CT molecular complexity index is 505. The number of methoxy groups -OCH3 is 1. The average Bonchev–Trinajstić information content (AvgIpc) is 2.34. The molecule has 0 N–H and O–H groups in total. The number of carbonyl (C=O) groups excluding carboxylic acids is 1. The highest BCUT2D eigenvalue weighted by atomic mass is 32.2. The van der Waals surface area contributed by atoms with Gasteiger partial charge in [-0.25, -0.2) is 8.42 Å². The molecule has 0 heterocycles. The molecule has 18 heavy (non-hydrogen) atoms. The Hall–Kier alpha value is -1.01. The molecule has 1 aromatic carbocycles. The van der Waals surface area contributed by atoms with E-state index >= 15 is 0 Å². The Morgan fingerprint density at radius 2 is 1.89 bits per heavy atom. The van der Waals surface area contributed by atoms with Gasteiger partial charge in [0.15, 0.2) is 9.84 Å². The van der Waals surface area contributed by atoms with Crippen LogP contribution in [-0.4, -0.2) is 33.5 Å². The van der Waals surface area contributed by atoms with E-state index in [2.05, 4.69) is 4.74 Å². The molecular formula is C12H16O4S2. The molecule has 4 nitrogen and oxygen atoms in total. The Morgan fingerprint density at radius 1 is 1.33 bits per heavy atom. The normalized spacial score (nSPS) is 13.1. The summed E-state index contributed by atoms with van der Waals surface area (Å²) in [6.07, 6.45) is 1.18. The number of esters is 1. The van der Waals surface area contributed by atoms with E-state index in [-0.39, 0.29) is 11.9 Å². The molecular weight excluding hydrogens is 272 g/mol. The third-order valence-corrected chi connectivity index (χ3v) is 4.76. The molecule has 0 saturated heterocycles. The van der Waals surface area contributed by atoms with E-state index in [0.717, 1.165) is 4.90 Å². The van der Waals surface area contributed by atoms with Crippen molar-refractivity contribution in [3.8, 4) is 0 Å². The molecule has 0 bridgehead atoms. The van der Waals surface area contributed by atoms with Crippen LogP contribution >= 0.6 is 11.8 Å². The van der Waals surface area contributed by atoms with Crippen LogP contribution in [0.1, 0.15) is 6.92 Å². The van der Waals surface area contributed by atoms with Crippen LogP contribution in [0.2, 0.25) is 0 Å². The van der Waals surface area contributed by atoms with Crippen molar-refractivity contribution in [1.29, 1.82) is 0 Å². The maximum atomic E-state index is 11.3. The molecule has 0 fully saturated rings. The largest absolute Gasteiger partial charge is 0.469 e. The zero-order valence-corrected chi connectivity index (χ0v) is 12.2. The van der Waals surface area contributed by atoms with Crippen LogP contribution in [0.25, 0.3) is 0 Å². The highest BCUT2D eigenvalue weighted by Crippen LogP contribution is 2.22. The van der Waals surface area contributed by atoms with Gasteiger partial charge in [-0.15, -0.1) is 11.8 Å². The highest BCUT2D eigenvalue weighted by molar-refractivity contribution is 7.99. The molecule has 6 heteroatoms. The van der Waals surface area contributed by atoms with Crippen LogP contribution < -0.4 is 0 Å². The lowest BCUT2D eigenvalue weighted by molar-refractivity contribution is -0.143. The first kappa shape index (κ1) is 15.0. The minimum Gasteiger partial charge on any atom is -0.469 e. The summed E-state index contributed by atoms with van der Waals surface area (Å²) >= 11 is 1.50. The quantitative estimate of drug-likeness (QED) is 0.612. The van der Waals surface area contributed by atoms with Crippen molar-refractivity contribution in [3.63, 3.8) is 0 Å². The van der Waals surface area contributed by atoms with Gasteiger partial charge in [0.2, 0.25) is 0 Å². The lowest BCUT2D eigenvalue weighted by atomic mass is 10.2. The van der Waals surface area contributed by atoms with E-state index in [9.17, 15) is 13.2 Å². The second-order valence-corrected chi connectivity index (χ2v) is 7.09. The number of hydrogen-bond acceptors (Lipinski definition) is 5. The summed E-state index contributed by atoms with van der Waals surface area (Å²) in [4.78, 5) is 12.4. The van der Waals surface area contributed by atoms with Crippen molar-refractivity contribution in [2.45, 2.75) is 16.7 Å². The summed E-state index contributed by atoms with van der Waals surface area (Å²) in [6.45, 7) is 1.80. The Balaban J connectivity index is 2.63. The molecule has 1 rings (SSSR count). The lowest BCUT2D eigenvalue weighted by Crippen LogP contribution is -2.14. The molecule has 0 amide bonds. The number of hydrogen-bond donors (Lipinski definition) is 0. The third kappa shape index (κ3) is 4.34. The maximum Gasteiger partial charge on any atom is 0.309 e. The first-order valence-corrected chi connectivity index (χ1v) is 8.23. The smallest absolute Gasteiger partial charge is 0.309 e. The van der Waals surface area contributed by atoms with Crippen molar-refractivity contribution in [3.05, 3.63) is 24.3 Å². The van der Waals surface area contributed by atoms with Crippen LogP contribution in [0.15, 0.2) is 34.1 Å². The van der Waals surface area contributed by atoms with Crippen LogP contribution in [0.4, 0.5) is 0 Å². The van der Waals surface area contributed by atoms with Crippen LogP contribution in [0.5, 0.6) is 0 Å². The molecule has 0 aliphatic carbocycles. The van der Waals surface area contributed by atoms with E-state index < -0.39 is 9.84 Å². The molecule has 1 unspecified atom stereocenters. The van der Waals surface area contributed by atoms with Crippen molar-refractivity contribution in [1.82, 2.24) is 0 Å². The molecule has 100 valence electrons. The topological polar surface area (TPSA) is 60.4 Å². The summed E-state index contributed by atoms with van der Waals surface area (Å²) in [5.74, 6) is 0.176. The monoisotopic (exact) mass is 288 g/mol. The number of benzene rings is 1. The van der Waals surface area contributed by atoms with E-state index in [1.165, 1.54) is 25.1 Å². The predicted molar refractivity (Wildman–Crippen MR) is 71.5 cm³/mol. The van der Waals surface area contributed by atoms with Gasteiger partial charge in [0.1, 0.15) is 0 Å². The standard InChI is InChI=1S/C12H16O4S2/c1-9(12(13)16-2)8-17-10-4-6-11(7-5-10)18(3,14)15/h4-7,9H,8H2,1-3H3. The molecule has 1 atom stereocenters. The minimum absolute atomic E-state index is 0.186. The number of rotatable bonds is 5. The van der Waals surface area contributed by atoms with E-state index in [1.54, 1.807) is 31.2 Å². The zero-order chi connectivity index (χ0) is 13.8. The molecule has 0 aliphatic rings. The van der Waals surface area contributed by atoms with Gasteiger partial charge in [0.05, 0.1) is 17.9 Å². The average molecular weight is 288 g/mol. The van der Waals surface area contributed by atoms with E-state index in [1.807, 2.05) is 0 Å². The molecule has 0 saturated carbocycles. The Morgan fingerprint density at radius 3 is 2.33 bits per heavy atom. The van der Waals surface area contributed by atoms with Crippen LogP contribution in [-0.2, 0) is 19.4 Å². The molecule has 0 spiro atoms. The van der Waals surface area contributed by atoms with Gasteiger partial charge in [0, 0.05) is 16.9 Å². The Labute approximate surface area is 112 Å². The minimum atomic E-state index is -3.15. The number of carbonyl (C=O) groups is 1. The molecule has 1 aromatic rings. The van der Waals surface area contributed by atoms with Crippen molar-refractivity contribution in [2.24, 2.45) is 5.92 Å². The molecule has 0 aliphatic heterocycles. The predicted octanol–water partition coefficient (Wildman–Crippen LogP) is 1.99. The van der Waals surface area contributed by atoms with E-state index in [4.69, 9.17) is 0 Å². The molecule has 0 aromatic heterocycles. The number of thioether (sulfide) groups is 1. The zero-order valence-electron chi connectivity index (χ0n) is 10.5. The fraction of sp³-hybridized carbons (Fsp3) is 0.417. The maximum absolute atomic E-state index is 11.3. The summed E-state index contributed by atoms with van der Waals surface area (Å²) in [5.41, 5.74) is 0. The fourth-order valence-corrected chi connectivity index (χ4v) is 2.81. The first-order valence-electron chi connectivity index (χ1n) is 5.35. The van der Waals surface area contributed by atoms with Crippen molar-refractivity contribution < 1.29 is 17.9 Å². The van der Waals surface area contributed by atoms with Gasteiger partial charge < -0.3 is 4.74 Å². The summed E-state index contributed by atoms with van der Waals surface area (Å²) in [5, 5.41) is 0. The van der Waals surface area contributed by atoms with Gasteiger partial charge >= 0.3 is 5.97 Å². The van der Waals surface area contributed by atoms with Gasteiger partial charge in [-0.2, -0.15) is 0 Å². The Kier molecular flexibility index (Phi) is 5.22. The lowest BCUT2D eigenvalue weighted by Gasteiger charge is -2.08. The van der Waals surface area contributed by atoms with Gasteiger partial charge in [-0.05, 0) is 24.3 Å². The van der Waals surface area contributed by atoms with Crippen LogP contribution in [0.3, 0.4) is 0 Å². The first-order chi connectivity index (χ1) is 8.34. The van der Waals surface area contributed by atoms with Gasteiger partial charge in [-0.3, -0.25) is 4.79 Å².